The van der Waals surface area contributed by atoms with Gasteiger partial charge in [-0.2, -0.15) is 0 Å². The highest BCUT2D eigenvalue weighted by Gasteiger charge is 2.19. The van der Waals surface area contributed by atoms with Crippen LogP contribution in [0.4, 0.5) is 5.69 Å². The summed E-state index contributed by atoms with van der Waals surface area (Å²) in [6, 6.07) is 13.4. The summed E-state index contributed by atoms with van der Waals surface area (Å²) in [4.78, 5) is 37.7. The smallest absolute Gasteiger partial charge is 0.255 e. The summed E-state index contributed by atoms with van der Waals surface area (Å²) >= 11 is 0. The van der Waals surface area contributed by atoms with Gasteiger partial charge in [-0.15, -0.1) is 0 Å². The molecule has 0 aliphatic carbocycles. The van der Waals surface area contributed by atoms with Gasteiger partial charge in [0.2, 0.25) is 0 Å². The molecule has 1 aliphatic heterocycles. The molecule has 1 heterocycles. The summed E-state index contributed by atoms with van der Waals surface area (Å²) in [6.07, 6.45) is 2.10. The van der Waals surface area contributed by atoms with Crippen LogP contribution in [0, 0.1) is 0 Å². The molecule has 0 atom stereocenters. The zero-order valence-corrected chi connectivity index (χ0v) is 14.1. The highest BCUT2D eigenvalue weighted by Crippen LogP contribution is 2.15. The monoisotopic (exact) mass is 336 g/mol. The number of amides is 2. The first-order chi connectivity index (χ1) is 12.0. The maximum absolute atomic E-state index is 12.3. The van der Waals surface area contributed by atoms with Gasteiger partial charge in [0, 0.05) is 35.5 Å². The van der Waals surface area contributed by atoms with Crippen molar-refractivity contribution in [3.05, 3.63) is 65.2 Å². The second-order valence-corrected chi connectivity index (χ2v) is 6.16. The van der Waals surface area contributed by atoms with E-state index in [1.807, 2.05) is 4.90 Å². The number of hydrogen-bond acceptors (Lipinski definition) is 3. The van der Waals surface area contributed by atoms with E-state index >= 15 is 0 Å². The van der Waals surface area contributed by atoms with E-state index in [0.717, 1.165) is 25.9 Å². The second kappa shape index (κ2) is 7.30. The largest absolute Gasteiger partial charge is 0.339 e. The standard InChI is InChI=1S/C20H20N2O3/c1-14(23)15-8-10-18(11-9-15)21-19(24)16-4-6-17(7-5-16)20(25)22-12-2-3-13-22/h4-11H,2-3,12-13H2,1H3,(H,21,24). The maximum atomic E-state index is 12.3. The number of rotatable bonds is 4. The molecular formula is C20H20N2O3. The van der Waals surface area contributed by atoms with Crippen LogP contribution >= 0.6 is 0 Å². The normalized spacial score (nSPS) is 13.6. The molecule has 0 spiro atoms. The molecule has 1 aliphatic rings. The maximum Gasteiger partial charge on any atom is 0.255 e. The highest BCUT2D eigenvalue weighted by atomic mass is 16.2. The van der Waals surface area contributed by atoms with Crippen molar-refractivity contribution in [3.8, 4) is 0 Å². The van der Waals surface area contributed by atoms with Crippen molar-refractivity contribution in [1.82, 2.24) is 4.90 Å². The quantitative estimate of drug-likeness (QED) is 0.871. The summed E-state index contributed by atoms with van der Waals surface area (Å²) < 4.78 is 0. The third-order valence-electron chi connectivity index (χ3n) is 4.34. The first kappa shape index (κ1) is 16.9. The summed E-state index contributed by atoms with van der Waals surface area (Å²) in [5, 5.41) is 2.78. The number of ketones is 1. The van der Waals surface area contributed by atoms with Crippen LogP contribution in [0.2, 0.25) is 0 Å². The van der Waals surface area contributed by atoms with Gasteiger partial charge in [0.15, 0.2) is 5.78 Å². The minimum absolute atomic E-state index is 0.0175. The third-order valence-corrected chi connectivity index (χ3v) is 4.34. The highest BCUT2D eigenvalue weighted by molar-refractivity contribution is 6.05. The first-order valence-corrected chi connectivity index (χ1v) is 8.36. The lowest BCUT2D eigenvalue weighted by atomic mass is 10.1. The molecule has 5 heteroatoms. The molecule has 3 rings (SSSR count). The molecule has 0 saturated carbocycles. The van der Waals surface area contributed by atoms with Crippen molar-refractivity contribution < 1.29 is 14.4 Å². The van der Waals surface area contributed by atoms with Crippen molar-refractivity contribution in [2.45, 2.75) is 19.8 Å². The number of hydrogen-bond donors (Lipinski definition) is 1. The van der Waals surface area contributed by atoms with Crippen LogP contribution in [0.3, 0.4) is 0 Å². The molecular weight excluding hydrogens is 316 g/mol. The third kappa shape index (κ3) is 3.94. The Bertz CT molecular complexity index is 789. The van der Waals surface area contributed by atoms with E-state index in [0.29, 0.717) is 22.4 Å². The fraction of sp³-hybridized carbons (Fsp3) is 0.250. The van der Waals surface area contributed by atoms with E-state index in [2.05, 4.69) is 5.32 Å². The summed E-state index contributed by atoms with van der Waals surface area (Å²) in [5.74, 6) is -0.254. The average Bonchev–Trinajstić information content (AvgIpc) is 3.16. The Morgan fingerprint density at radius 3 is 1.88 bits per heavy atom. The van der Waals surface area contributed by atoms with Gasteiger partial charge in [0.1, 0.15) is 0 Å². The molecule has 0 radical (unpaired) electrons. The Morgan fingerprint density at radius 1 is 0.800 bits per heavy atom. The van der Waals surface area contributed by atoms with Crippen LogP contribution in [-0.2, 0) is 0 Å². The van der Waals surface area contributed by atoms with Crippen LogP contribution in [-0.4, -0.2) is 35.6 Å². The van der Waals surface area contributed by atoms with Crippen LogP contribution in [0.5, 0.6) is 0 Å². The molecule has 0 unspecified atom stereocenters. The van der Waals surface area contributed by atoms with Gasteiger partial charge in [-0.3, -0.25) is 14.4 Å². The number of Topliss-reactive ketones (excluding diaryl/α,β-unsaturated/α-hetero) is 1. The van der Waals surface area contributed by atoms with Crippen LogP contribution < -0.4 is 5.32 Å². The molecule has 1 N–H and O–H groups in total. The lowest BCUT2D eigenvalue weighted by molar-refractivity contribution is 0.0792. The van der Waals surface area contributed by atoms with Gasteiger partial charge in [-0.05, 0) is 68.3 Å². The lowest BCUT2D eigenvalue weighted by Gasteiger charge is -2.15. The predicted molar refractivity (Wildman–Crippen MR) is 96.0 cm³/mol. The molecule has 0 bridgehead atoms. The number of carbonyl (C=O) groups is 3. The van der Waals surface area contributed by atoms with E-state index in [4.69, 9.17) is 0 Å². The molecule has 2 amide bonds. The summed E-state index contributed by atoms with van der Waals surface area (Å²) in [7, 11) is 0. The van der Waals surface area contributed by atoms with Crippen molar-refractivity contribution in [2.75, 3.05) is 18.4 Å². The Kier molecular flexibility index (Phi) is 4.93. The summed E-state index contributed by atoms with van der Waals surface area (Å²) in [5.41, 5.74) is 2.30. The van der Waals surface area contributed by atoms with Gasteiger partial charge in [0.25, 0.3) is 11.8 Å². The summed E-state index contributed by atoms with van der Waals surface area (Å²) in [6.45, 7) is 3.10. The number of benzene rings is 2. The van der Waals surface area contributed by atoms with Gasteiger partial charge in [0.05, 0.1) is 0 Å². The Balaban J connectivity index is 1.66. The molecule has 128 valence electrons. The SMILES string of the molecule is CC(=O)c1ccc(NC(=O)c2ccc(C(=O)N3CCCC3)cc2)cc1. The van der Waals surface area contributed by atoms with Crippen molar-refractivity contribution >= 4 is 23.3 Å². The Morgan fingerprint density at radius 2 is 1.32 bits per heavy atom. The topological polar surface area (TPSA) is 66.5 Å². The molecule has 1 fully saturated rings. The number of nitrogens with zero attached hydrogens (tertiary/aromatic N) is 1. The Labute approximate surface area is 146 Å². The van der Waals surface area contributed by atoms with E-state index in [-0.39, 0.29) is 17.6 Å². The average molecular weight is 336 g/mol. The van der Waals surface area contributed by atoms with Crippen molar-refractivity contribution in [2.24, 2.45) is 0 Å². The first-order valence-electron chi connectivity index (χ1n) is 8.36. The van der Waals surface area contributed by atoms with E-state index in [1.54, 1.807) is 48.5 Å². The van der Waals surface area contributed by atoms with Crippen molar-refractivity contribution in [1.29, 1.82) is 0 Å². The van der Waals surface area contributed by atoms with E-state index in [9.17, 15) is 14.4 Å². The van der Waals surface area contributed by atoms with E-state index in [1.165, 1.54) is 6.92 Å². The fourth-order valence-electron chi connectivity index (χ4n) is 2.86. The molecule has 25 heavy (non-hydrogen) atoms. The number of nitrogens with one attached hydrogen (secondary N) is 1. The van der Waals surface area contributed by atoms with Gasteiger partial charge < -0.3 is 10.2 Å². The zero-order chi connectivity index (χ0) is 17.8. The van der Waals surface area contributed by atoms with Gasteiger partial charge in [-0.25, -0.2) is 0 Å². The zero-order valence-electron chi connectivity index (χ0n) is 14.1. The van der Waals surface area contributed by atoms with Crippen LogP contribution in [0.15, 0.2) is 48.5 Å². The fourth-order valence-corrected chi connectivity index (χ4v) is 2.86. The van der Waals surface area contributed by atoms with Crippen LogP contribution in [0.25, 0.3) is 0 Å². The molecule has 2 aromatic rings. The molecule has 2 aromatic carbocycles. The second-order valence-electron chi connectivity index (χ2n) is 6.16. The molecule has 5 nitrogen and oxygen atoms in total. The van der Waals surface area contributed by atoms with Gasteiger partial charge >= 0.3 is 0 Å². The minimum Gasteiger partial charge on any atom is -0.339 e. The lowest BCUT2D eigenvalue weighted by Crippen LogP contribution is -2.27. The predicted octanol–water partition coefficient (Wildman–Crippen LogP) is 3.38. The number of carbonyl (C=O) groups excluding carboxylic acids is 3. The van der Waals surface area contributed by atoms with Gasteiger partial charge in [-0.1, -0.05) is 0 Å². The minimum atomic E-state index is -0.254. The molecule has 0 aromatic heterocycles. The number of likely N-dealkylation sites (tertiary alicyclic amines) is 1. The van der Waals surface area contributed by atoms with Crippen molar-refractivity contribution in [3.63, 3.8) is 0 Å². The molecule has 1 saturated heterocycles. The number of anilines is 1. The Hall–Kier alpha value is -2.95. The van der Waals surface area contributed by atoms with E-state index < -0.39 is 0 Å². The van der Waals surface area contributed by atoms with Crippen LogP contribution in [0.1, 0.15) is 50.8 Å².